The summed E-state index contributed by atoms with van der Waals surface area (Å²) in [5, 5.41) is 5.61. The van der Waals surface area contributed by atoms with E-state index in [0.717, 1.165) is 11.5 Å². The highest BCUT2D eigenvalue weighted by Crippen LogP contribution is 2.51. The fourth-order valence-electron chi connectivity index (χ4n) is 1.26. The molecule has 14 heavy (non-hydrogen) atoms. The van der Waals surface area contributed by atoms with Crippen LogP contribution >= 0.6 is 11.5 Å². The van der Waals surface area contributed by atoms with Gasteiger partial charge in [-0.1, -0.05) is 0 Å². The van der Waals surface area contributed by atoms with E-state index < -0.39 is 14.8 Å². The Morgan fingerprint density at radius 1 is 1.50 bits per heavy atom. The Labute approximate surface area is 85.5 Å². The quantitative estimate of drug-likeness (QED) is 0.716. The number of rotatable bonds is 3. The molecule has 0 unspecified atom stereocenters. The summed E-state index contributed by atoms with van der Waals surface area (Å²) in [7, 11) is -3.57. The van der Waals surface area contributed by atoms with Crippen LogP contribution in [0, 0.1) is 0 Å². The molecule has 1 aromatic heterocycles. The highest BCUT2D eigenvalue weighted by atomic mass is 32.2. The fourth-order valence-corrected chi connectivity index (χ4v) is 3.50. The van der Waals surface area contributed by atoms with E-state index in [0.29, 0.717) is 23.7 Å². The molecule has 0 aromatic carbocycles. The summed E-state index contributed by atoms with van der Waals surface area (Å²) >= 11 is 1.07. The first-order chi connectivity index (χ1) is 6.49. The van der Waals surface area contributed by atoms with Gasteiger partial charge >= 0.3 is 0 Å². The maximum atomic E-state index is 11.3. The third-order valence-corrected chi connectivity index (χ3v) is 5.07. The first kappa shape index (κ1) is 9.97. The summed E-state index contributed by atoms with van der Waals surface area (Å²) < 4.78 is 25.6. The number of sulfonamides is 1. The molecule has 78 valence electrons. The summed E-state index contributed by atoms with van der Waals surface area (Å²) in [5.74, 6) is 0.472. The van der Waals surface area contributed by atoms with Crippen molar-refractivity contribution in [2.45, 2.75) is 24.1 Å². The second-order valence-corrected chi connectivity index (χ2v) is 5.88. The Morgan fingerprint density at radius 2 is 2.14 bits per heavy atom. The molecule has 0 spiro atoms. The van der Waals surface area contributed by atoms with Gasteiger partial charge in [-0.25, -0.2) is 18.5 Å². The van der Waals surface area contributed by atoms with Crippen LogP contribution in [0.2, 0.25) is 0 Å². The molecule has 6 nitrogen and oxygen atoms in total. The molecule has 0 bridgehead atoms. The lowest BCUT2D eigenvalue weighted by molar-refractivity contribution is 0.581. The van der Waals surface area contributed by atoms with Gasteiger partial charge in [0.25, 0.3) is 0 Å². The molecule has 0 atom stereocenters. The highest BCUT2D eigenvalue weighted by Gasteiger charge is 2.57. The van der Waals surface area contributed by atoms with Crippen molar-refractivity contribution in [1.82, 2.24) is 9.36 Å². The zero-order chi connectivity index (χ0) is 10.4. The lowest BCUT2D eigenvalue weighted by atomic mass is 10.4. The molecule has 1 heterocycles. The molecule has 1 aromatic rings. The minimum absolute atomic E-state index is 0.219. The normalized spacial score (nSPS) is 19.6. The van der Waals surface area contributed by atoms with Crippen molar-refractivity contribution in [2.75, 3.05) is 0 Å². The first-order valence-corrected chi connectivity index (χ1v) is 6.37. The lowest BCUT2D eigenvalue weighted by Crippen LogP contribution is -2.28. The molecule has 0 radical (unpaired) electrons. The van der Waals surface area contributed by atoms with Crippen molar-refractivity contribution in [2.24, 2.45) is 10.9 Å². The van der Waals surface area contributed by atoms with Crippen LogP contribution in [0.25, 0.3) is 0 Å². The number of primary sulfonamides is 1. The van der Waals surface area contributed by atoms with Crippen LogP contribution in [0.1, 0.15) is 23.7 Å². The van der Waals surface area contributed by atoms with Crippen molar-refractivity contribution < 1.29 is 8.42 Å². The Bertz CT molecular complexity index is 448. The minimum Gasteiger partial charge on any atom is -0.324 e. The smallest absolute Gasteiger partial charge is 0.221 e. The number of hydrogen-bond donors (Lipinski definition) is 2. The van der Waals surface area contributed by atoms with E-state index in [1.165, 1.54) is 0 Å². The van der Waals surface area contributed by atoms with Gasteiger partial charge in [0, 0.05) is 0 Å². The third kappa shape index (κ3) is 1.34. The van der Waals surface area contributed by atoms with Crippen LogP contribution in [-0.4, -0.2) is 17.8 Å². The van der Waals surface area contributed by atoms with E-state index in [4.69, 9.17) is 10.9 Å². The molecule has 4 N–H and O–H groups in total. The average Bonchev–Trinajstić information content (AvgIpc) is 2.79. The van der Waals surface area contributed by atoms with Crippen LogP contribution < -0.4 is 10.9 Å². The summed E-state index contributed by atoms with van der Waals surface area (Å²) in [6, 6.07) is 0. The van der Waals surface area contributed by atoms with Gasteiger partial charge in [-0.3, -0.25) is 0 Å². The van der Waals surface area contributed by atoms with Gasteiger partial charge in [-0.2, -0.15) is 4.37 Å². The summed E-state index contributed by atoms with van der Waals surface area (Å²) in [4.78, 5) is 4.05. The Hall–Kier alpha value is -0.570. The van der Waals surface area contributed by atoms with Crippen molar-refractivity contribution in [3.05, 3.63) is 10.8 Å². The van der Waals surface area contributed by atoms with Gasteiger partial charge in [0.2, 0.25) is 10.0 Å². The van der Waals surface area contributed by atoms with Crippen LogP contribution in [-0.2, 0) is 21.3 Å². The van der Waals surface area contributed by atoms with Crippen LogP contribution in [0.4, 0.5) is 0 Å². The molecule has 2 rings (SSSR count). The molecular formula is C6H10N4O2S2. The number of aromatic nitrogens is 2. The van der Waals surface area contributed by atoms with Gasteiger partial charge < -0.3 is 5.73 Å². The second-order valence-electron chi connectivity index (χ2n) is 3.26. The Kier molecular flexibility index (Phi) is 2.11. The third-order valence-electron chi connectivity index (χ3n) is 2.29. The van der Waals surface area contributed by atoms with Crippen molar-refractivity contribution in [1.29, 1.82) is 0 Å². The fraction of sp³-hybridized carbons (Fsp3) is 0.667. The molecule has 0 aliphatic heterocycles. The predicted octanol–water partition coefficient (Wildman–Crippen LogP) is -0.726. The van der Waals surface area contributed by atoms with Crippen LogP contribution in [0.3, 0.4) is 0 Å². The van der Waals surface area contributed by atoms with Crippen LogP contribution in [0.5, 0.6) is 0 Å². The van der Waals surface area contributed by atoms with Gasteiger partial charge in [-0.15, -0.1) is 0 Å². The topological polar surface area (TPSA) is 112 Å². The highest BCUT2D eigenvalue weighted by molar-refractivity contribution is 7.90. The van der Waals surface area contributed by atoms with Crippen molar-refractivity contribution >= 4 is 21.6 Å². The number of hydrogen-bond acceptors (Lipinski definition) is 6. The average molecular weight is 234 g/mol. The maximum Gasteiger partial charge on any atom is 0.221 e. The predicted molar refractivity (Wildman–Crippen MR) is 51.8 cm³/mol. The zero-order valence-electron chi connectivity index (χ0n) is 7.30. The monoisotopic (exact) mass is 234 g/mol. The molecule has 1 saturated carbocycles. The van der Waals surface area contributed by atoms with E-state index >= 15 is 0 Å². The molecule has 0 saturated heterocycles. The zero-order valence-corrected chi connectivity index (χ0v) is 8.94. The number of nitrogens with two attached hydrogens (primary N) is 2. The Balaban J connectivity index is 2.41. The molecule has 1 aliphatic rings. The van der Waals surface area contributed by atoms with Crippen molar-refractivity contribution in [3.63, 3.8) is 0 Å². The standard InChI is InChI=1S/C6H10N4O2S2/c7-3-4-9-5(13-10-4)6(1-2-6)14(8,11)12/h1-3,7H2,(H2,8,11,12). The molecule has 1 aliphatic carbocycles. The first-order valence-electron chi connectivity index (χ1n) is 4.05. The van der Waals surface area contributed by atoms with E-state index in [1.807, 2.05) is 0 Å². The molecular weight excluding hydrogens is 224 g/mol. The van der Waals surface area contributed by atoms with E-state index in [2.05, 4.69) is 9.36 Å². The molecule has 1 fully saturated rings. The second kappa shape index (κ2) is 2.96. The maximum absolute atomic E-state index is 11.3. The van der Waals surface area contributed by atoms with Crippen molar-refractivity contribution in [3.8, 4) is 0 Å². The van der Waals surface area contributed by atoms with E-state index in [-0.39, 0.29) is 6.54 Å². The SMILES string of the molecule is NCc1nsc(C2(S(N)(=O)=O)CC2)n1. The van der Waals surface area contributed by atoms with E-state index in [1.54, 1.807) is 0 Å². The molecule has 8 heteroatoms. The lowest BCUT2D eigenvalue weighted by Gasteiger charge is -2.06. The summed E-state index contributed by atoms with van der Waals surface area (Å²) in [6.45, 7) is 0.219. The Morgan fingerprint density at radius 3 is 2.50 bits per heavy atom. The number of nitrogens with zero attached hydrogens (tertiary/aromatic N) is 2. The van der Waals surface area contributed by atoms with Gasteiger partial charge in [0.15, 0.2) is 5.82 Å². The van der Waals surface area contributed by atoms with Gasteiger partial charge in [0.05, 0.1) is 6.54 Å². The molecule has 0 amide bonds. The van der Waals surface area contributed by atoms with Crippen LogP contribution in [0.15, 0.2) is 0 Å². The van der Waals surface area contributed by atoms with Gasteiger partial charge in [-0.05, 0) is 24.4 Å². The van der Waals surface area contributed by atoms with Gasteiger partial charge in [0.1, 0.15) is 9.75 Å². The minimum atomic E-state index is -3.57. The largest absolute Gasteiger partial charge is 0.324 e. The summed E-state index contributed by atoms with van der Waals surface area (Å²) in [5.41, 5.74) is 5.34. The summed E-state index contributed by atoms with van der Waals surface area (Å²) in [6.07, 6.45) is 1.07. The van der Waals surface area contributed by atoms with E-state index in [9.17, 15) is 8.42 Å².